The molecule has 1 saturated heterocycles. The molecule has 0 aliphatic carbocycles. The Bertz CT molecular complexity index is 965. The molecule has 10 nitrogen and oxygen atoms in total. The fraction of sp³-hybridized carbons (Fsp3) is 0.391. The fourth-order valence-corrected chi connectivity index (χ4v) is 3.84. The van der Waals surface area contributed by atoms with E-state index in [2.05, 4.69) is 36.4 Å². The number of rotatable bonds is 12. The SMILES string of the molecule is C=CCOC(=O)c1cc(OC)c(OC)cc1NC(=O)[C@@H]1C[C@@H](C(C(=O)S)C(=O)OCC=C)CN1. The van der Waals surface area contributed by atoms with E-state index in [1.54, 1.807) is 0 Å². The third kappa shape index (κ3) is 6.61. The zero-order chi connectivity index (χ0) is 25.3. The van der Waals surface area contributed by atoms with Gasteiger partial charge in [-0.25, -0.2) is 4.79 Å². The van der Waals surface area contributed by atoms with Crippen LogP contribution in [-0.4, -0.2) is 63.0 Å². The van der Waals surface area contributed by atoms with Gasteiger partial charge in [0.2, 0.25) is 5.91 Å². The molecule has 34 heavy (non-hydrogen) atoms. The number of hydrogen-bond donors (Lipinski definition) is 3. The van der Waals surface area contributed by atoms with Gasteiger partial charge in [0.15, 0.2) is 16.6 Å². The Kier molecular flexibility index (Phi) is 10.1. The summed E-state index contributed by atoms with van der Waals surface area (Å²) < 4.78 is 20.6. The number of amides is 1. The minimum atomic E-state index is -1.13. The summed E-state index contributed by atoms with van der Waals surface area (Å²) in [7, 11) is 2.83. The van der Waals surface area contributed by atoms with Crippen LogP contribution in [0, 0.1) is 11.8 Å². The first-order chi connectivity index (χ1) is 16.3. The number of methoxy groups -OCH3 is 2. The van der Waals surface area contributed by atoms with Gasteiger partial charge >= 0.3 is 11.9 Å². The predicted octanol–water partition coefficient (Wildman–Crippen LogP) is 1.76. The molecule has 0 saturated carbocycles. The van der Waals surface area contributed by atoms with Crippen molar-refractivity contribution in [2.75, 3.05) is 39.3 Å². The smallest absolute Gasteiger partial charge is 0.340 e. The third-order valence-electron chi connectivity index (χ3n) is 5.15. The summed E-state index contributed by atoms with van der Waals surface area (Å²) in [6.45, 7) is 7.14. The number of thiol groups is 1. The van der Waals surface area contributed by atoms with Gasteiger partial charge in [-0.3, -0.25) is 14.4 Å². The summed E-state index contributed by atoms with van der Waals surface area (Å²) in [4.78, 5) is 49.8. The van der Waals surface area contributed by atoms with Crippen molar-refractivity contribution in [3.8, 4) is 11.5 Å². The molecule has 11 heteroatoms. The van der Waals surface area contributed by atoms with E-state index in [4.69, 9.17) is 18.9 Å². The number of nitrogens with one attached hydrogen (secondary N) is 2. The maximum atomic E-state index is 13.0. The van der Waals surface area contributed by atoms with E-state index in [0.29, 0.717) is 5.75 Å². The molecule has 2 N–H and O–H groups in total. The van der Waals surface area contributed by atoms with Crippen LogP contribution in [0.4, 0.5) is 5.69 Å². The lowest BCUT2D eigenvalue weighted by molar-refractivity contribution is -0.151. The minimum Gasteiger partial charge on any atom is -0.493 e. The Labute approximate surface area is 203 Å². The Morgan fingerprint density at radius 3 is 2.32 bits per heavy atom. The van der Waals surface area contributed by atoms with E-state index in [1.807, 2.05) is 0 Å². The Morgan fingerprint density at radius 1 is 1.12 bits per heavy atom. The van der Waals surface area contributed by atoms with Crippen LogP contribution in [0.3, 0.4) is 0 Å². The molecule has 0 spiro atoms. The van der Waals surface area contributed by atoms with Crippen LogP contribution in [-0.2, 0) is 23.9 Å². The highest BCUT2D eigenvalue weighted by atomic mass is 32.1. The van der Waals surface area contributed by atoms with Crippen molar-refractivity contribution in [3.63, 3.8) is 0 Å². The maximum absolute atomic E-state index is 13.0. The van der Waals surface area contributed by atoms with Crippen molar-refractivity contribution in [2.45, 2.75) is 12.5 Å². The lowest BCUT2D eigenvalue weighted by Crippen LogP contribution is -2.36. The Morgan fingerprint density at radius 2 is 1.74 bits per heavy atom. The van der Waals surface area contributed by atoms with Gasteiger partial charge in [0.25, 0.3) is 0 Å². The van der Waals surface area contributed by atoms with Gasteiger partial charge in [-0.2, -0.15) is 0 Å². The van der Waals surface area contributed by atoms with Gasteiger partial charge in [-0.1, -0.05) is 25.3 Å². The minimum absolute atomic E-state index is 0.0203. The lowest BCUT2D eigenvalue weighted by atomic mass is 9.90. The number of carbonyl (C=O) groups excluding carboxylic acids is 4. The number of hydrogen-bond acceptors (Lipinski definition) is 9. The van der Waals surface area contributed by atoms with Crippen molar-refractivity contribution in [1.82, 2.24) is 5.32 Å². The second-order valence-electron chi connectivity index (χ2n) is 7.32. The van der Waals surface area contributed by atoms with E-state index in [1.165, 1.54) is 38.5 Å². The number of ether oxygens (including phenoxy) is 4. The molecule has 184 valence electrons. The molecule has 3 atom stereocenters. The summed E-state index contributed by atoms with van der Waals surface area (Å²) in [5.41, 5.74) is 0.202. The van der Waals surface area contributed by atoms with Crippen molar-refractivity contribution >= 4 is 41.3 Å². The van der Waals surface area contributed by atoms with E-state index < -0.39 is 40.8 Å². The molecule has 1 amide bonds. The van der Waals surface area contributed by atoms with Crippen LogP contribution in [0.15, 0.2) is 37.4 Å². The fourth-order valence-electron chi connectivity index (χ4n) is 3.53. The quantitative estimate of drug-likeness (QED) is 0.173. The monoisotopic (exact) mass is 492 g/mol. The van der Waals surface area contributed by atoms with Crippen LogP contribution >= 0.6 is 12.6 Å². The van der Waals surface area contributed by atoms with Gasteiger partial charge < -0.3 is 29.6 Å². The summed E-state index contributed by atoms with van der Waals surface area (Å²) in [6, 6.07) is 2.11. The second kappa shape index (κ2) is 12.8. The molecular formula is C23H28N2O8S. The van der Waals surface area contributed by atoms with Gasteiger partial charge in [0.05, 0.1) is 31.5 Å². The highest BCUT2D eigenvalue weighted by Gasteiger charge is 2.41. The van der Waals surface area contributed by atoms with Gasteiger partial charge in [0.1, 0.15) is 19.1 Å². The van der Waals surface area contributed by atoms with Crippen molar-refractivity contribution in [3.05, 3.63) is 43.0 Å². The van der Waals surface area contributed by atoms with Crippen LogP contribution < -0.4 is 20.1 Å². The molecule has 1 aromatic carbocycles. The first kappa shape index (κ1) is 26.9. The van der Waals surface area contributed by atoms with Crippen molar-refractivity contribution in [1.29, 1.82) is 0 Å². The molecule has 1 aliphatic heterocycles. The predicted molar refractivity (Wildman–Crippen MR) is 127 cm³/mol. The molecule has 1 heterocycles. The molecule has 0 aromatic heterocycles. The number of carbonyl (C=O) groups is 4. The summed E-state index contributed by atoms with van der Waals surface area (Å²) in [5, 5.41) is 5.04. The Balaban J connectivity index is 2.22. The highest BCUT2D eigenvalue weighted by molar-refractivity contribution is 7.96. The summed E-state index contributed by atoms with van der Waals surface area (Å²) >= 11 is 3.82. The van der Waals surface area contributed by atoms with E-state index in [0.717, 1.165) is 0 Å². The molecule has 1 unspecified atom stereocenters. The highest BCUT2D eigenvalue weighted by Crippen LogP contribution is 2.34. The first-order valence-electron chi connectivity index (χ1n) is 10.4. The zero-order valence-electron chi connectivity index (χ0n) is 19.0. The number of benzene rings is 1. The summed E-state index contributed by atoms with van der Waals surface area (Å²) in [5.74, 6) is -2.95. The average molecular weight is 493 g/mol. The van der Waals surface area contributed by atoms with Gasteiger partial charge in [-0.05, 0) is 12.3 Å². The first-order valence-corrected chi connectivity index (χ1v) is 10.8. The molecule has 1 fully saturated rings. The standard InChI is InChI=1S/C23H28N2O8S/c1-5-7-32-21(27)14-10-17(30-3)18(31-4)11-15(14)25-20(26)16-9-13(12-24-16)19(23(29)34)22(28)33-8-6-2/h5-6,10-11,13,16,19,24H,1-2,7-9,12H2,3-4H3,(H,25,26)(H,29,34)/t13-,16+,19?/m1/s1. The van der Waals surface area contributed by atoms with Crippen molar-refractivity contribution in [2.24, 2.45) is 11.8 Å². The van der Waals surface area contributed by atoms with Crippen molar-refractivity contribution < 1.29 is 38.1 Å². The average Bonchev–Trinajstić information content (AvgIpc) is 3.30. The lowest BCUT2D eigenvalue weighted by Gasteiger charge is -2.18. The zero-order valence-corrected chi connectivity index (χ0v) is 19.9. The Hall–Kier alpha value is -3.31. The number of esters is 2. The van der Waals surface area contributed by atoms with Crippen LogP contribution in [0.2, 0.25) is 0 Å². The normalized spacial score (nSPS) is 17.7. The maximum Gasteiger partial charge on any atom is 0.340 e. The second-order valence-corrected chi connectivity index (χ2v) is 7.76. The largest absolute Gasteiger partial charge is 0.493 e. The van der Waals surface area contributed by atoms with Gasteiger partial charge in [-0.15, -0.1) is 12.6 Å². The van der Waals surface area contributed by atoms with Crippen LogP contribution in [0.1, 0.15) is 16.8 Å². The molecular weight excluding hydrogens is 464 g/mol. The van der Waals surface area contributed by atoms with E-state index in [-0.39, 0.29) is 43.2 Å². The molecule has 1 aliphatic rings. The van der Waals surface area contributed by atoms with Crippen LogP contribution in [0.25, 0.3) is 0 Å². The number of anilines is 1. The molecule has 1 aromatic rings. The van der Waals surface area contributed by atoms with Crippen LogP contribution in [0.5, 0.6) is 11.5 Å². The molecule has 0 bridgehead atoms. The summed E-state index contributed by atoms with van der Waals surface area (Å²) in [6.07, 6.45) is 2.98. The van der Waals surface area contributed by atoms with E-state index in [9.17, 15) is 19.2 Å². The third-order valence-corrected chi connectivity index (χ3v) is 5.43. The molecule has 0 radical (unpaired) electrons. The topological polar surface area (TPSA) is 129 Å². The molecule has 2 rings (SSSR count). The van der Waals surface area contributed by atoms with E-state index >= 15 is 0 Å². The van der Waals surface area contributed by atoms with Gasteiger partial charge in [0, 0.05) is 18.7 Å².